The Morgan fingerprint density at radius 1 is 1.20 bits per heavy atom. The van der Waals surface area contributed by atoms with Crippen molar-refractivity contribution in [2.24, 2.45) is 0 Å². The molecule has 80 valence electrons. The molecule has 0 bridgehead atoms. The van der Waals surface area contributed by atoms with Crippen LogP contribution in [0, 0.1) is 0 Å². The van der Waals surface area contributed by atoms with Crippen molar-refractivity contribution in [3.05, 3.63) is 42.2 Å². The molecule has 0 aromatic heterocycles. The van der Waals surface area contributed by atoms with Crippen LogP contribution in [0.4, 0.5) is 0 Å². The first kappa shape index (κ1) is 10.1. The van der Waals surface area contributed by atoms with Crippen LogP contribution in [0.15, 0.2) is 36.6 Å². The predicted octanol–water partition coefficient (Wildman–Crippen LogP) is 2.73. The van der Waals surface area contributed by atoms with Crippen LogP contribution in [0.25, 0.3) is 5.70 Å². The molecule has 0 saturated carbocycles. The van der Waals surface area contributed by atoms with Crippen molar-refractivity contribution < 1.29 is 4.74 Å². The van der Waals surface area contributed by atoms with E-state index in [1.54, 1.807) is 7.11 Å². The van der Waals surface area contributed by atoms with E-state index in [-0.39, 0.29) is 0 Å². The largest absolute Gasteiger partial charge is 0.502 e. The van der Waals surface area contributed by atoms with E-state index in [1.165, 1.54) is 24.1 Å². The summed E-state index contributed by atoms with van der Waals surface area (Å²) < 4.78 is 5.17. The van der Waals surface area contributed by atoms with Crippen molar-refractivity contribution in [3.8, 4) is 0 Å². The topological polar surface area (TPSA) is 12.5 Å². The van der Waals surface area contributed by atoms with E-state index in [4.69, 9.17) is 4.74 Å². The summed E-state index contributed by atoms with van der Waals surface area (Å²) in [6.07, 6.45) is 4.42. The number of hydrogen-bond acceptors (Lipinski definition) is 2. The zero-order chi connectivity index (χ0) is 10.5. The first-order valence-corrected chi connectivity index (χ1v) is 5.45. The molecule has 1 fully saturated rings. The lowest BCUT2D eigenvalue weighted by Crippen LogP contribution is -2.17. The molecule has 2 heteroatoms. The second kappa shape index (κ2) is 4.87. The van der Waals surface area contributed by atoms with Gasteiger partial charge in [-0.15, -0.1) is 0 Å². The quantitative estimate of drug-likeness (QED) is 0.700. The van der Waals surface area contributed by atoms with E-state index in [1.807, 2.05) is 12.3 Å². The van der Waals surface area contributed by atoms with Gasteiger partial charge in [-0.3, -0.25) is 0 Å². The Kier molecular flexibility index (Phi) is 3.28. The van der Waals surface area contributed by atoms with E-state index in [0.29, 0.717) is 0 Å². The monoisotopic (exact) mass is 203 g/mol. The van der Waals surface area contributed by atoms with Gasteiger partial charge >= 0.3 is 0 Å². The summed E-state index contributed by atoms with van der Waals surface area (Å²) in [5.41, 5.74) is 2.44. The third-order valence-corrected chi connectivity index (χ3v) is 2.75. The summed E-state index contributed by atoms with van der Waals surface area (Å²) in [6.45, 7) is 2.29. The Morgan fingerprint density at radius 3 is 2.47 bits per heavy atom. The van der Waals surface area contributed by atoms with Crippen molar-refractivity contribution in [1.29, 1.82) is 0 Å². The maximum atomic E-state index is 5.17. The molecule has 1 saturated heterocycles. The standard InChI is InChI=1S/C13H17NO/c1-15-11-13(14-9-5-6-10-14)12-7-3-2-4-8-12/h2-4,7-8,11H,5-6,9-10H2,1H3/b13-11+. The molecule has 1 aliphatic rings. The Bertz CT molecular complexity index is 326. The van der Waals surface area contributed by atoms with Gasteiger partial charge < -0.3 is 9.64 Å². The molecular formula is C13H17NO. The van der Waals surface area contributed by atoms with Gasteiger partial charge in [0, 0.05) is 18.7 Å². The minimum absolute atomic E-state index is 1.14. The summed E-state index contributed by atoms with van der Waals surface area (Å²) >= 11 is 0. The molecule has 0 radical (unpaired) electrons. The Labute approximate surface area is 91.2 Å². The van der Waals surface area contributed by atoms with Crippen molar-refractivity contribution >= 4 is 5.70 Å². The van der Waals surface area contributed by atoms with Crippen LogP contribution in [0.5, 0.6) is 0 Å². The highest BCUT2D eigenvalue weighted by Crippen LogP contribution is 2.23. The van der Waals surface area contributed by atoms with E-state index < -0.39 is 0 Å². The smallest absolute Gasteiger partial charge is 0.106 e. The fraction of sp³-hybridized carbons (Fsp3) is 0.385. The maximum absolute atomic E-state index is 5.17. The van der Waals surface area contributed by atoms with Crippen LogP contribution in [0.3, 0.4) is 0 Å². The third kappa shape index (κ3) is 2.32. The van der Waals surface area contributed by atoms with E-state index in [9.17, 15) is 0 Å². The van der Waals surface area contributed by atoms with Gasteiger partial charge in [0.1, 0.15) is 6.26 Å². The van der Waals surface area contributed by atoms with Gasteiger partial charge in [0.15, 0.2) is 0 Å². The Hall–Kier alpha value is -1.44. The molecule has 0 amide bonds. The molecule has 15 heavy (non-hydrogen) atoms. The second-order valence-electron chi connectivity index (χ2n) is 3.80. The van der Waals surface area contributed by atoms with E-state index in [0.717, 1.165) is 13.1 Å². The highest BCUT2D eigenvalue weighted by atomic mass is 16.5. The van der Waals surface area contributed by atoms with Gasteiger partial charge in [-0.25, -0.2) is 0 Å². The fourth-order valence-electron chi connectivity index (χ4n) is 2.00. The first-order valence-electron chi connectivity index (χ1n) is 5.45. The highest BCUT2D eigenvalue weighted by molar-refractivity contribution is 5.63. The average molecular weight is 203 g/mol. The van der Waals surface area contributed by atoms with E-state index in [2.05, 4.69) is 29.2 Å². The maximum Gasteiger partial charge on any atom is 0.106 e. The molecule has 0 spiro atoms. The predicted molar refractivity (Wildman–Crippen MR) is 62.2 cm³/mol. The number of ether oxygens (including phenoxy) is 1. The van der Waals surface area contributed by atoms with Crippen LogP contribution >= 0.6 is 0 Å². The van der Waals surface area contributed by atoms with Crippen molar-refractivity contribution in [2.75, 3.05) is 20.2 Å². The zero-order valence-electron chi connectivity index (χ0n) is 9.15. The van der Waals surface area contributed by atoms with Gasteiger partial charge in [0.25, 0.3) is 0 Å². The lowest BCUT2D eigenvalue weighted by Gasteiger charge is -2.21. The van der Waals surface area contributed by atoms with Crippen molar-refractivity contribution in [2.45, 2.75) is 12.8 Å². The van der Waals surface area contributed by atoms with Crippen LogP contribution in [0.2, 0.25) is 0 Å². The SMILES string of the molecule is CO/C=C(\c1ccccc1)N1CCCC1. The number of hydrogen-bond donors (Lipinski definition) is 0. The van der Waals surface area contributed by atoms with E-state index >= 15 is 0 Å². The highest BCUT2D eigenvalue weighted by Gasteiger charge is 2.16. The van der Waals surface area contributed by atoms with Gasteiger partial charge in [-0.1, -0.05) is 30.3 Å². The van der Waals surface area contributed by atoms with Crippen LogP contribution in [-0.2, 0) is 4.74 Å². The number of nitrogens with zero attached hydrogens (tertiary/aromatic N) is 1. The van der Waals surface area contributed by atoms with Crippen LogP contribution in [-0.4, -0.2) is 25.1 Å². The summed E-state index contributed by atoms with van der Waals surface area (Å²) in [6, 6.07) is 10.4. The molecule has 0 N–H and O–H groups in total. The minimum Gasteiger partial charge on any atom is -0.502 e. The Balaban J connectivity index is 2.23. The molecule has 2 nitrogen and oxygen atoms in total. The van der Waals surface area contributed by atoms with Gasteiger partial charge in [-0.2, -0.15) is 0 Å². The average Bonchev–Trinajstić information content (AvgIpc) is 2.80. The van der Waals surface area contributed by atoms with Crippen molar-refractivity contribution in [1.82, 2.24) is 4.90 Å². The molecule has 0 atom stereocenters. The molecular weight excluding hydrogens is 186 g/mol. The molecule has 1 aromatic rings. The number of methoxy groups -OCH3 is 1. The molecule has 2 rings (SSSR count). The molecule has 1 aromatic carbocycles. The molecule has 0 unspecified atom stereocenters. The Morgan fingerprint density at radius 2 is 1.87 bits per heavy atom. The number of likely N-dealkylation sites (tertiary alicyclic amines) is 1. The van der Waals surface area contributed by atoms with Gasteiger partial charge in [0.05, 0.1) is 12.8 Å². The molecule has 0 aliphatic carbocycles. The minimum atomic E-state index is 1.14. The lowest BCUT2D eigenvalue weighted by atomic mass is 10.1. The summed E-state index contributed by atoms with van der Waals surface area (Å²) in [4.78, 5) is 2.39. The summed E-state index contributed by atoms with van der Waals surface area (Å²) in [5.74, 6) is 0. The molecule has 1 aliphatic heterocycles. The van der Waals surface area contributed by atoms with Crippen LogP contribution in [0.1, 0.15) is 18.4 Å². The van der Waals surface area contributed by atoms with Crippen LogP contribution < -0.4 is 0 Å². The van der Waals surface area contributed by atoms with Crippen molar-refractivity contribution in [3.63, 3.8) is 0 Å². The second-order valence-corrected chi connectivity index (χ2v) is 3.80. The van der Waals surface area contributed by atoms with Gasteiger partial charge in [-0.05, 0) is 12.8 Å². The number of rotatable bonds is 3. The molecule has 1 heterocycles. The third-order valence-electron chi connectivity index (χ3n) is 2.75. The fourth-order valence-corrected chi connectivity index (χ4v) is 2.00. The first-order chi connectivity index (χ1) is 7.42. The normalized spacial score (nSPS) is 16.9. The lowest BCUT2D eigenvalue weighted by molar-refractivity contribution is 0.329. The summed E-state index contributed by atoms with van der Waals surface area (Å²) in [7, 11) is 1.71. The number of benzene rings is 1. The van der Waals surface area contributed by atoms with Gasteiger partial charge in [0.2, 0.25) is 0 Å². The zero-order valence-corrected chi connectivity index (χ0v) is 9.15. The summed E-state index contributed by atoms with van der Waals surface area (Å²) in [5, 5.41) is 0.